The minimum Gasteiger partial charge on any atom is -0.494 e. The van der Waals surface area contributed by atoms with Gasteiger partial charge in [-0.25, -0.2) is 8.42 Å². The Bertz CT molecular complexity index is 2250. The third-order valence-electron chi connectivity index (χ3n) is 8.93. The van der Waals surface area contributed by atoms with Crippen molar-refractivity contribution in [1.29, 1.82) is 0 Å². The van der Waals surface area contributed by atoms with Crippen LogP contribution in [0.2, 0.25) is 0 Å². The minimum atomic E-state index is -4.02. The molecule has 0 saturated heterocycles. The normalized spacial score (nSPS) is 14.1. The van der Waals surface area contributed by atoms with E-state index in [1.54, 1.807) is 29.2 Å². The highest BCUT2D eigenvalue weighted by atomic mass is 32.2. The number of aryl methyl sites for hydroxylation is 1. The smallest absolute Gasteiger partial charge is 0.262 e. The number of fused-ring (bicyclic) bond motifs is 1. The van der Waals surface area contributed by atoms with Crippen LogP contribution in [0.1, 0.15) is 45.7 Å². The molecule has 0 saturated carbocycles. The lowest BCUT2D eigenvalue weighted by atomic mass is 9.99. The Morgan fingerprint density at radius 2 is 1.31 bits per heavy atom. The molecule has 0 aliphatic carbocycles. The average Bonchev–Trinajstić information content (AvgIpc) is 3.17. The number of nitrogens with zero attached hydrogens (tertiary/aromatic N) is 2. The van der Waals surface area contributed by atoms with Crippen molar-refractivity contribution in [3.63, 3.8) is 0 Å². The van der Waals surface area contributed by atoms with Crippen LogP contribution in [0.5, 0.6) is 11.5 Å². The van der Waals surface area contributed by atoms with E-state index in [2.05, 4.69) is 9.62 Å². The van der Waals surface area contributed by atoms with Crippen molar-refractivity contribution in [2.45, 2.75) is 38.1 Å². The molecule has 6 aromatic rings. The molecule has 1 heterocycles. The molecular weight excluding hydrogens is 671 g/mol. The van der Waals surface area contributed by atoms with Crippen LogP contribution in [-0.4, -0.2) is 20.9 Å². The first-order valence-electron chi connectivity index (χ1n) is 17.2. The Morgan fingerprint density at radius 3 is 1.96 bits per heavy atom. The van der Waals surface area contributed by atoms with Gasteiger partial charge in [0.2, 0.25) is 0 Å². The van der Waals surface area contributed by atoms with Gasteiger partial charge < -0.3 is 14.4 Å². The quantitative estimate of drug-likeness (QED) is 0.136. The van der Waals surface area contributed by atoms with E-state index < -0.39 is 16.2 Å². The molecule has 1 aliphatic heterocycles. The van der Waals surface area contributed by atoms with Crippen molar-refractivity contribution in [1.82, 2.24) is 0 Å². The summed E-state index contributed by atoms with van der Waals surface area (Å²) in [5, 5.41) is 0. The standard InChI is InChI=1S/C43H39N3O5S/c1-3-50-37-24-20-36(21-25-37)46-42(34-16-22-38(23-17-34)51-30-33-12-8-5-9-13-33)45(29-32-10-6-4-7-11-32)41-27-26-39(28-40(41)43(46)47)52(48,49)44-35-18-14-31(2)15-19-35/h4-28,42,44H,3,29-30H2,1-2H3/t42-/m1/s1. The van der Waals surface area contributed by atoms with Crippen molar-refractivity contribution < 1.29 is 22.7 Å². The zero-order valence-electron chi connectivity index (χ0n) is 29.0. The van der Waals surface area contributed by atoms with E-state index in [0.29, 0.717) is 48.3 Å². The highest BCUT2D eigenvalue weighted by Gasteiger charge is 2.40. The van der Waals surface area contributed by atoms with E-state index in [1.807, 2.05) is 135 Å². The number of carbonyl (C=O) groups excluding carboxylic acids is 1. The zero-order chi connectivity index (χ0) is 36.1. The van der Waals surface area contributed by atoms with Gasteiger partial charge in [-0.1, -0.05) is 90.5 Å². The van der Waals surface area contributed by atoms with Crippen molar-refractivity contribution in [2.24, 2.45) is 0 Å². The second-order valence-electron chi connectivity index (χ2n) is 12.6. The summed E-state index contributed by atoms with van der Waals surface area (Å²) in [6, 6.07) is 47.1. The topological polar surface area (TPSA) is 88.2 Å². The van der Waals surface area contributed by atoms with Crippen LogP contribution in [0.4, 0.5) is 17.1 Å². The fraction of sp³-hybridized carbons (Fsp3) is 0.140. The highest BCUT2D eigenvalue weighted by molar-refractivity contribution is 7.92. The summed E-state index contributed by atoms with van der Waals surface area (Å²) in [4.78, 5) is 18.7. The average molecular weight is 710 g/mol. The number of rotatable bonds is 12. The van der Waals surface area contributed by atoms with E-state index >= 15 is 0 Å². The Hall–Kier alpha value is -6.06. The molecule has 1 aliphatic rings. The van der Waals surface area contributed by atoms with Crippen LogP contribution >= 0.6 is 0 Å². The third-order valence-corrected chi connectivity index (χ3v) is 10.3. The summed E-state index contributed by atoms with van der Waals surface area (Å²) >= 11 is 0. The van der Waals surface area contributed by atoms with Crippen molar-refractivity contribution in [3.8, 4) is 11.5 Å². The SMILES string of the molecule is CCOc1ccc(N2C(=O)c3cc(S(=O)(=O)Nc4ccc(C)cc4)ccc3N(Cc3ccccc3)[C@H]2c2ccc(OCc3ccccc3)cc2)cc1. The monoisotopic (exact) mass is 709 g/mol. The maximum Gasteiger partial charge on any atom is 0.262 e. The van der Waals surface area contributed by atoms with Gasteiger partial charge in [-0.2, -0.15) is 0 Å². The lowest BCUT2D eigenvalue weighted by Crippen LogP contribution is -2.49. The van der Waals surface area contributed by atoms with Crippen molar-refractivity contribution in [3.05, 3.63) is 179 Å². The van der Waals surface area contributed by atoms with Crippen molar-refractivity contribution >= 4 is 33.0 Å². The molecule has 1 atom stereocenters. The maximum atomic E-state index is 14.8. The summed E-state index contributed by atoms with van der Waals surface area (Å²) in [5.74, 6) is 1.06. The first-order chi connectivity index (χ1) is 25.3. The van der Waals surface area contributed by atoms with E-state index in [9.17, 15) is 13.2 Å². The lowest BCUT2D eigenvalue weighted by Gasteiger charge is -2.46. The van der Waals surface area contributed by atoms with E-state index in [1.165, 1.54) is 6.07 Å². The second kappa shape index (κ2) is 15.0. The summed E-state index contributed by atoms with van der Waals surface area (Å²) in [6.07, 6.45) is -0.588. The van der Waals surface area contributed by atoms with Gasteiger partial charge in [0.15, 0.2) is 0 Å². The van der Waals surface area contributed by atoms with Gasteiger partial charge in [-0.15, -0.1) is 0 Å². The number of hydrogen-bond acceptors (Lipinski definition) is 6. The van der Waals surface area contributed by atoms with E-state index in [0.717, 1.165) is 22.3 Å². The Morgan fingerprint density at radius 1 is 0.692 bits per heavy atom. The number of anilines is 3. The van der Waals surface area contributed by atoms with Gasteiger partial charge in [0.25, 0.3) is 15.9 Å². The molecule has 52 heavy (non-hydrogen) atoms. The Labute approximate surface area is 304 Å². The predicted molar refractivity (Wildman–Crippen MR) is 205 cm³/mol. The second-order valence-corrected chi connectivity index (χ2v) is 14.3. The molecule has 9 heteroatoms. The van der Waals surface area contributed by atoms with Gasteiger partial charge in [0.1, 0.15) is 24.3 Å². The lowest BCUT2D eigenvalue weighted by molar-refractivity contribution is 0.0968. The van der Waals surface area contributed by atoms with E-state index in [4.69, 9.17) is 9.47 Å². The predicted octanol–water partition coefficient (Wildman–Crippen LogP) is 9.14. The minimum absolute atomic E-state index is 0.00940. The van der Waals surface area contributed by atoms with Gasteiger partial charge >= 0.3 is 0 Å². The fourth-order valence-electron chi connectivity index (χ4n) is 6.34. The van der Waals surface area contributed by atoms with Gasteiger partial charge in [-0.3, -0.25) is 14.4 Å². The molecule has 1 amide bonds. The van der Waals surface area contributed by atoms with Crippen LogP contribution in [-0.2, 0) is 23.2 Å². The summed E-state index contributed by atoms with van der Waals surface area (Å²) in [7, 11) is -4.02. The Balaban J connectivity index is 1.32. The molecule has 0 aromatic heterocycles. The number of ether oxygens (including phenoxy) is 2. The molecule has 0 fully saturated rings. The molecule has 6 aromatic carbocycles. The molecule has 0 bridgehead atoms. The van der Waals surface area contributed by atoms with Crippen LogP contribution in [0.3, 0.4) is 0 Å². The Kier molecular flexibility index (Phi) is 9.95. The first kappa shape index (κ1) is 34.4. The van der Waals surface area contributed by atoms with Crippen LogP contribution in [0.25, 0.3) is 0 Å². The molecule has 262 valence electrons. The molecular formula is C43H39N3O5S. The molecule has 0 unspecified atom stereocenters. The number of hydrogen-bond donors (Lipinski definition) is 1. The number of nitrogens with one attached hydrogen (secondary N) is 1. The summed E-state index contributed by atoms with van der Waals surface area (Å²) in [5.41, 5.74) is 5.93. The first-order valence-corrected chi connectivity index (χ1v) is 18.6. The van der Waals surface area contributed by atoms with Crippen LogP contribution < -0.4 is 24.0 Å². The number of benzene rings is 6. The van der Waals surface area contributed by atoms with Crippen molar-refractivity contribution in [2.75, 3.05) is 21.1 Å². The van der Waals surface area contributed by atoms with Crippen LogP contribution in [0.15, 0.2) is 157 Å². The third kappa shape index (κ3) is 7.50. The molecule has 7 rings (SSSR count). The summed E-state index contributed by atoms with van der Waals surface area (Å²) < 4.78 is 41.9. The molecule has 1 N–H and O–H groups in total. The fourth-order valence-corrected chi connectivity index (χ4v) is 7.42. The number of carbonyl (C=O) groups is 1. The molecule has 0 radical (unpaired) electrons. The number of amides is 1. The number of sulfonamides is 1. The highest BCUT2D eigenvalue weighted by Crippen LogP contribution is 2.44. The molecule has 0 spiro atoms. The zero-order valence-corrected chi connectivity index (χ0v) is 29.8. The largest absolute Gasteiger partial charge is 0.494 e. The van der Waals surface area contributed by atoms with E-state index in [-0.39, 0.29) is 16.4 Å². The summed E-state index contributed by atoms with van der Waals surface area (Å²) in [6.45, 7) is 5.24. The van der Waals surface area contributed by atoms with Gasteiger partial charge in [-0.05, 0) is 97.3 Å². The van der Waals surface area contributed by atoms with Gasteiger partial charge in [0, 0.05) is 17.9 Å². The molecule has 8 nitrogen and oxygen atoms in total. The van der Waals surface area contributed by atoms with Gasteiger partial charge in [0.05, 0.1) is 22.8 Å². The maximum absolute atomic E-state index is 14.8. The van der Waals surface area contributed by atoms with Crippen LogP contribution in [0, 0.1) is 6.92 Å².